The SMILES string of the molecule is CC(C)(C)c1ccccc1Oc1ncccc1Nc1nnc(C2(C)CCN(Cc3ccccc3)CC2)s1. The van der Waals surface area contributed by atoms with Crippen LogP contribution in [0, 0.1) is 0 Å². The molecule has 0 saturated carbocycles. The van der Waals surface area contributed by atoms with Crippen LogP contribution in [0.4, 0.5) is 10.8 Å². The lowest BCUT2D eigenvalue weighted by Crippen LogP contribution is -2.40. The van der Waals surface area contributed by atoms with Gasteiger partial charge in [-0.05, 0) is 55.1 Å². The first-order valence-corrected chi connectivity index (χ1v) is 13.7. The minimum Gasteiger partial charge on any atom is -0.437 e. The number of anilines is 2. The van der Waals surface area contributed by atoms with E-state index in [4.69, 9.17) is 4.74 Å². The van der Waals surface area contributed by atoms with Crippen molar-refractivity contribution in [3.63, 3.8) is 0 Å². The summed E-state index contributed by atoms with van der Waals surface area (Å²) in [4.78, 5) is 7.05. The van der Waals surface area contributed by atoms with Crippen LogP contribution in [0.3, 0.4) is 0 Å². The number of hydrogen-bond donors (Lipinski definition) is 1. The minimum atomic E-state index is -0.0424. The summed E-state index contributed by atoms with van der Waals surface area (Å²) in [6.07, 6.45) is 3.88. The van der Waals surface area contributed by atoms with Crippen molar-refractivity contribution in [2.24, 2.45) is 0 Å². The maximum Gasteiger partial charge on any atom is 0.243 e. The van der Waals surface area contributed by atoms with E-state index in [-0.39, 0.29) is 10.8 Å². The highest BCUT2D eigenvalue weighted by Gasteiger charge is 2.35. The van der Waals surface area contributed by atoms with E-state index in [1.54, 1.807) is 17.5 Å². The van der Waals surface area contributed by atoms with Crippen molar-refractivity contribution in [2.45, 2.75) is 57.9 Å². The van der Waals surface area contributed by atoms with Crippen LogP contribution in [0.2, 0.25) is 0 Å². The second-order valence-corrected chi connectivity index (χ2v) is 12.0. The van der Waals surface area contributed by atoms with Gasteiger partial charge in [0.2, 0.25) is 11.0 Å². The average Bonchev–Trinajstić information content (AvgIpc) is 3.37. The molecule has 4 aromatic rings. The van der Waals surface area contributed by atoms with Gasteiger partial charge in [0.15, 0.2) is 0 Å². The van der Waals surface area contributed by atoms with Gasteiger partial charge in [0.05, 0.1) is 0 Å². The minimum absolute atomic E-state index is 0.0324. The van der Waals surface area contributed by atoms with E-state index in [9.17, 15) is 0 Å². The first kappa shape index (κ1) is 25.4. The Kier molecular flexibility index (Phi) is 7.26. The number of likely N-dealkylation sites (tertiary alicyclic amines) is 1. The zero-order valence-corrected chi connectivity index (χ0v) is 22.9. The number of pyridine rings is 1. The number of benzene rings is 2. The molecule has 7 heteroatoms. The Labute approximate surface area is 223 Å². The number of hydrogen-bond acceptors (Lipinski definition) is 7. The van der Waals surface area contributed by atoms with Crippen molar-refractivity contribution in [1.82, 2.24) is 20.1 Å². The molecule has 0 amide bonds. The zero-order chi connectivity index (χ0) is 25.9. The van der Waals surface area contributed by atoms with Crippen LogP contribution in [-0.4, -0.2) is 33.2 Å². The van der Waals surface area contributed by atoms with Gasteiger partial charge in [-0.25, -0.2) is 4.98 Å². The lowest BCUT2D eigenvalue weighted by molar-refractivity contribution is 0.161. The molecule has 3 heterocycles. The summed E-state index contributed by atoms with van der Waals surface area (Å²) in [6.45, 7) is 12.0. The molecule has 2 aromatic heterocycles. The Hall–Kier alpha value is -3.29. The summed E-state index contributed by atoms with van der Waals surface area (Å²) >= 11 is 1.63. The van der Waals surface area contributed by atoms with Gasteiger partial charge in [-0.2, -0.15) is 0 Å². The van der Waals surface area contributed by atoms with Crippen LogP contribution >= 0.6 is 11.3 Å². The number of para-hydroxylation sites is 1. The molecule has 0 aliphatic carbocycles. The summed E-state index contributed by atoms with van der Waals surface area (Å²) in [7, 11) is 0. The molecule has 37 heavy (non-hydrogen) atoms. The molecular weight excluding hydrogens is 478 g/mol. The van der Waals surface area contributed by atoms with Gasteiger partial charge in [0, 0.05) is 23.7 Å². The Bertz CT molecular complexity index is 1320. The van der Waals surface area contributed by atoms with Gasteiger partial charge in [0.1, 0.15) is 16.4 Å². The average molecular weight is 514 g/mol. The van der Waals surface area contributed by atoms with Gasteiger partial charge < -0.3 is 10.1 Å². The molecule has 192 valence electrons. The van der Waals surface area contributed by atoms with Crippen LogP contribution in [0.1, 0.15) is 56.7 Å². The highest BCUT2D eigenvalue weighted by atomic mass is 32.1. The Balaban J connectivity index is 1.27. The van der Waals surface area contributed by atoms with E-state index in [0.29, 0.717) is 5.88 Å². The quantitative estimate of drug-likeness (QED) is 0.279. The predicted molar refractivity (Wildman–Crippen MR) is 151 cm³/mol. The van der Waals surface area contributed by atoms with Gasteiger partial charge in [-0.3, -0.25) is 4.90 Å². The van der Waals surface area contributed by atoms with E-state index >= 15 is 0 Å². The molecule has 2 aromatic carbocycles. The fourth-order valence-corrected chi connectivity index (χ4v) is 5.70. The molecule has 1 aliphatic heterocycles. The molecule has 0 radical (unpaired) electrons. The number of nitrogens with one attached hydrogen (secondary N) is 1. The number of ether oxygens (including phenoxy) is 1. The molecule has 0 bridgehead atoms. The monoisotopic (exact) mass is 513 g/mol. The van der Waals surface area contributed by atoms with Crippen LogP contribution in [0.15, 0.2) is 72.9 Å². The van der Waals surface area contributed by atoms with Crippen molar-refractivity contribution in [2.75, 3.05) is 18.4 Å². The third kappa shape index (κ3) is 6.00. The molecule has 1 N–H and O–H groups in total. The molecule has 0 spiro atoms. The number of nitrogens with zero attached hydrogens (tertiary/aromatic N) is 4. The van der Waals surface area contributed by atoms with Crippen molar-refractivity contribution >= 4 is 22.2 Å². The molecule has 1 fully saturated rings. The molecule has 1 saturated heterocycles. The van der Waals surface area contributed by atoms with Crippen LogP contribution < -0.4 is 10.1 Å². The fraction of sp³-hybridized carbons (Fsp3) is 0.367. The first-order valence-electron chi connectivity index (χ1n) is 12.9. The smallest absolute Gasteiger partial charge is 0.243 e. The Morgan fingerprint density at radius 2 is 1.68 bits per heavy atom. The van der Waals surface area contributed by atoms with Crippen molar-refractivity contribution in [1.29, 1.82) is 0 Å². The topological polar surface area (TPSA) is 63.2 Å². The fourth-order valence-electron chi connectivity index (χ4n) is 4.74. The summed E-state index contributed by atoms with van der Waals surface area (Å²) in [6, 6.07) is 22.7. The van der Waals surface area contributed by atoms with Crippen LogP contribution in [0.25, 0.3) is 0 Å². The predicted octanol–water partition coefficient (Wildman–Crippen LogP) is 7.32. The molecule has 0 unspecified atom stereocenters. The highest BCUT2D eigenvalue weighted by Crippen LogP contribution is 2.40. The summed E-state index contributed by atoms with van der Waals surface area (Å²) < 4.78 is 6.32. The summed E-state index contributed by atoms with van der Waals surface area (Å²) in [5.41, 5.74) is 3.27. The lowest BCUT2D eigenvalue weighted by Gasteiger charge is -2.37. The molecule has 6 nitrogen and oxygen atoms in total. The molecular formula is C30H35N5OS. The number of rotatable bonds is 7. The van der Waals surface area contributed by atoms with E-state index in [2.05, 4.69) is 89.5 Å². The van der Waals surface area contributed by atoms with Crippen molar-refractivity contribution in [3.8, 4) is 11.6 Å². The van der Waals surface area contributed by atoms with Crippen LogP contribution in [-0.2, 0) is 17.4 Å². The van der Waals surface area contributed by atoms with Crippen molar-refractivity contribution in [3.05, 3.63) is 89.1 Å². The third-order valence-corrected chi connectivity index (χ3v) is 8.21. The molecule has 5 rings (SSSR count). The van der Waals surface area contributed by atoms with E-state index < -0.39 is 0 Å². The Morgan fingerprint density at radius 1 is 0.946 bits per heavy atom. The van der Waals surface area contributed by atoms with Crippen LogP contribution in [0.5, 0.6) is 11.6 Å². The van der Waals surface area contributed by atoms with E-state index in [0.717, 1.165) is 59.6 Å². The summed E-state index contributed by atoms with van der Waals surface area (Å²) in [5.74, 6) is 1.33. The largest absolute Gasteiger partial charge is 0.437 e. The van der Waals surface area contributed by atoms with Crippen molar-refractivity contribution < 1.29 is 4.74 Å². The summed E-state index contributed by atoms with van der Waals surface area (Å²) in [5, 5.41) is 14.3. The normalized spacial score (nSPS) is 15.9. The van der Waals surface area contributed by atoms with Gasteiger partial charge in [0.25, 0.3) is 0 Å². The number of aromatic nitrogens is 3. The first-order chi connectivity index (χ1) is 17.8. The molecule has 0 atom stereocenters. The van der Waals surface area contributed by atoms with E-state index in [1.807, 2.05) is 30.3 Å². The zero-order valence-electron chi connectivity index (χ0n) is 22.1. The standard InChI is InChI=1S/C30H35N5OS/c1-29(2,3)23-13-8-9-15-25(23)36-26-24(14-10-18-31-26)32-28-34-33-27(37-28)30(4)16-19-35(20-17-30)21-22-11-6-5-7-12-22/h5-15,18H,16-17,19-21H2,1-4H3,(H,32,34). The maximum atomic E-state index is 6.32. The maximum absolute atomic E-state index is 6.32. The second-order valence-electron chi connectivity index (χ2n) is 11.1. The number of piperidine rings is 1. The molecule has 1 aliphatic rings. The van der Waals surface area contributed by atoms with E-state index in [1.165, 1.54) is 5.56 Å². The van der Waals surface area contributed by atoms with Gasteiger partial charge in [-0.1, -0.05) is 87.6 Å². The van der Waals surface area contributed by atoms with Gasteiger partial charge >= 0.3 is 0 Å². The Morgan fingerprint density at radius 3 is 2.43 bits per heavy atom. The van der Waals surface area contributed by atoms with Gasteiger partial charge in [-0.15, -0.1) is 10.2 Å². The highest BCUT2D eigenvalue weighted by molar-refractivity contribution is 7.15. The third-order valence-electron chi connectivity index (χ3n) is 7.06. The lowest BCUT2D eigenvalue weighted by atomic mass is 9.81. The second kappa shape index (κ2) is 10.6.